The summed E-state index contributed by atoms with van der Waals surface area (Å²) in [5.74, 6) is -1.25. The van der Waals surface area contributed by atoms with Gasteiger partial charge < -0.3 is 15.4 Å². The highest BCUT2D eigenvalue weighted by atomic mass is 35.5. The van der Waals surface area contributed by atoms with Crippen LogP contribution in [0, 0.1) is 11.6 Å². The van der Waals surface area contributed by atoms with Crippen LogP contribution in [0.4, 0.5) is 14.5 Å². The molecule has 132 valence electrons. The van der Waals surface area contributed by atoms with Crippen LogP contribution >= 0.6 is 11.6 Å². The molecule has 0 aromatic heterocycles. The minimum atomic E-state index is -0.930. The van der Waals surface area contributed by atoms with Gasteiger partial charge in [0.2, 0.25) is 0 Å². The zero-order chi connectivity index (χ0) is 18.0. The van der Waals surface area contributed by atoms with E-state index in [9.17, 15) is 13.6 Å². The van der Waals surface area contributed by atoms with Crippen LogP contribution in [0.5, 0.6) is 5.75 Å². The summed E-state index contributed by atoms with van der Waals surface area (Å²) >= 11 is 5.88. The molecule has 4 nitrogen and oxygen atoms in total. The molecule has 1 heterocycles. The van der Waals surface area contributed by atoms with Crippen LogP contribution in [0.25, 0.3) is 0 Å². The summed E-state index contributed by atoms with van der Waals surface area (Å²) < 4.78 is 33.1. The molecule has 3 rings (SSSR count). The maximum atomic E-state index is 14.6. The second kappa shape index (κ2) is 7.37. The van der Waals surface area contributed by atoms with Crippen LogP contribution in [0.3, 0.4) is 0 Å². The standard InChI is InChI=1S/C18H17ClF2N2O2/c1-10(25-16-5-3-12(20)8-14(16)19)18(24)23-15-4-2-11-9-22-7-6-13(11)17(15)21/h2-5,8,10,22H,6-7,9H2,1H3,(H,23,24). The van der Waals surface area contributed by atoms with Gasteiger partial charge in [-0.1, -0.05) is 17.7 Å². The largest absolute Gasteiger partial charge is 0.479 e. The summed E-state index contributed by atoms with van der Waals surface area (Å²) in [7, 11) is 0. The SMILES string of the molecule is CC(Oc1ccc(F)cc1Cl)C(=O)Nc1ccc2c(c1F)CCNC2. The number of nitrogens with one attached hydrogen (secondary N) is 2. The molecule has 0 saturated carbocycles. The maximum Gasteiger partial charge on any atom is 0.265 e. The van der Waals surface area contributed by atoms with Gasteiger partial charge in [0, 0.05) is 6.54 Å². The number of benzene rings is 2. The van der Waals surface area contributed by atoms with Crippen LogP contribution in [0.15, 0.2) is 30.3 Å². The summed E-state index contributed by atoms with van der Waals surface area (Å²) in [5, 5.41) is 5.77. The van der Waals surface area contributed by atoms with Crippen molar-refractivity contribution in [2.24, 2.45) is 0 Å². The fourth-order valence-electron chi connectivity index (χ4n) is 2.68. The lowest BCUT2D eigenvalue weighted by atomic mass is 9.99. The monoisotopic (exact) mass is 366 g/mol. The van der Waals surface area contributed by atoms with E-state index in [4.69, 9.17) is 16.3 Å². The van der Waals surface area contributed by atoms with E-state index in [2.05, 4.69) is 10.6 Å². The third-order valence-corrected chi connectivity index (χ3v) is 4.33. The van der Waals surface area contributed by atoms with Crippen molar-refractivity contribution in [1.29, 1.82) is 0 Å². The molecule has 0 saturated heterocycles. The molecule has 0 fully saturated rings. The lowest BCUT2D eigenvalue weighted by molar-refractivity contribution is -0.122. The fraction of sp³-hybridized carbons (Fsp3) is 0.278. The Labute approximate surface area is 149 Å². The van der Waals surface area contributed by atoms with Crippen molar-refractivity contribution in [1.82, 2.24) is 5.32 Å². The maximum absolute atomic E-state index is 14.6. The number of hydrogen-bond acceptors (Lipinski definition) is 3. The van der Waals surface area contributed by atoms with Gasteiger partial charge in [-0.05, 0) is 55.3 Å². The first-order chi connectivity index (χ1) is 12.0. The van der Waals surface area contributed by atoms with Crippen molar-refractivity contribution < 1.29 is 18.3 Å². The predicted molar refractivity (Wildman–Crippen MR) is 91.9 cm³/mol. The predicted octanol–water partition coefficient (Wildman–Crippen LogP) is 3.67. The Bertz CT molecular complexity index is 814. The number of anilines is 1. The Morgan fingerprint density at radius 2 is 2.12 bits per heavy atom. The van der Waals surface area contributed by atoms with E-state index in [-0.39, 0.29) is 16.5 Å². The van der Waals surface area contributed by atoms with Crippen LogP contribution in [0.2, 0.25) is 5.02 Å². The van der Waals surface area contributed by atoms with Gasteiger partial charge in [-0.2, -0.15) is 0 Å². The molecule has 1 atom stereocenters. The Morgan fingerprint density at radius 3 is 2.88 bits per heavy atom. The lowest BCUT2D eigenvalue weighted by Gasteiger charge is -2.20. The molecule has 2 aromatic carbocycles. The third-order valence-electron chi connectivity index (χ3n) is 4.03. The second-order valence-corrected chi connectivity index (χ2v) is 6.22. The minimum Gasteiger partial charge on any atom is -0.479 e. The van der Waals surface area contributed by atoms with Crippen LogP contribution in [0.1, 0.15) is 18.1 Å². The molecule has 1 aliphatic heterocycles. The van der Waals surface area contributed by atoms with E-state index in [1.165, 1.54) is 25.1 Å². The number of amides is 1. The van der Waals surface area contributed by atoms with E-state index < -0.39 is 23.6 Å². The molecular formula is C18H17ClF2N2O2. The minimum absolute atomic E-state index is 0.0621. The molecule has 0 aliphatic carbocycles. The number of ether oxygens (including phenoxy) is 1. The van der Waals surface area contributed by atoms with Gasteiger partial charge in [0.1, 0.15) is 17.4 Å². The summed E-state index contributed by atoms with van der Waals surface area (Å²) in [6.45, 7) is 2.82. The van der Waals surface area contributed by atoms with Crippen molar-refractivity contribution in [3.63, 3.8) is 0 Å². The average Bonchev–Trinajstić information content (AvgIpc) is 2.60. The van der Waals surface area contributed by atoms with Gasteiger partial charge in [0.05, 0.1) is 10.7 Å². The van der Waals surface area contributed by atoms with Gasteiger partial charge in [-0.3, -0.25) is 4.79 Å². The molecule has 0 radical (unpaired) electrons. The quantitative estimate of drug-likeness (QED) is 0.868. The Morgan fingerprint density at radius 1 is 1.32 bits per heavy atom. The van der Waals surface area contributed by atoms with Crippen molar-refractivity contribution in [3.8, 4) is 5.75 Å². The van der Waals surface area contributed by atoms with E-state index in [0.29, 0.717) is 25.1 Å². The van der Waals surface area contributed by atoms with Gasteiger partial charge in [-0.15, -0.1) is 0 Å². The number of rotatable bonds is 4. The van der Waals surface area contributed by atoms with Crippen molar-refractivity contribution >= 4 is 23.2 Å². The first-order valence-corrected chi connectivity index (χ1v) is 8.27. The van der Waals surface area contributed by atoms with Crippen molar-refractivity contribution in [2.45, 2.75) is 26.0 Å². The first kappa shape index (κ1) is 17.6. The topological polar surface area (TPSA) is 50.4 Å². The van der Waals surface area contributed by atoms with Gasteiger partial charge in [-0.25, -0.2) is 8.78 Å². The highest BCUT2D eigenvalue weighted by Gasteiger charge is 2.21. The van der Waals surface area contributed by atoms with E-state index >= 15 is 0 Å². The summed E-state index contributed by atoms with van der Waals surface area (Å²) in [4.78, 5) is 12.3. The second-order valence-electron chi connectivity index (χ2n) is 5.82. The summed E-state index contributed by atoms with van der Waals surface area (Å²) in [5.41, 5.74) is 1.63. The average molecular weight is 367 g/mol. The normalized spacial score (nSPS) is 14.6. The molecule has 1 unspecified atom stereocenters. The van der Waals surface area contributed by atoms with Crippen LogP contribution < -0.4 is 15.4 Å². The highest BCUT2D eigenvalue weighted by molar-refractivity contribution is 6.32. The lowest BCUT2D eigenvalue weighted by Crippen LogP contribution is -2.31. The molecule has 0 spiro atoms. The highest BCUT2D eigenvalue weighted by Crippen LogP contribution is 2.27. The number of carbonyl (C=O) groups excluding carboxylic acids is 1. The molecule has 1 amide bonds. The number of hydrogen-bond donors (Lipinski definition) is 2. The summed E-state index contributed by atoms with van der Waals surface area (Å²) in [6, 6.07) is 6.95. The van der Waals surface area contributed by atoms with Gasteiger partial charge in [0.15, 0.2) is 6.10 Å². The molecule has 1 aliphatic rings. The van der Waals surface area contributed by atoms with E-state index in [0.717, 1.165) is 11.6 Å². The fourth-order valence-corrected chi connectivity index (χ4v) is 2.89. The molecule has 25 heavy (non-hydrogen) atoms. The number of fused-ring (bicyclic) bond motifs is 1. The van der Waals surface area contributed by atoms with Crippen molar-refractivity contribution in [3.05, 3.63) is 58.1 Å². The molecule has 0 bridgehead atoms. The smallest absolute Gasteiger partial charge is 0.265 e. The molecule has 2 aromatic rings. The Kier molecular flexibility index (Phi) is 5.20. The Balaban J connectivity index is 1.71. The van der Waals surface area contributed by atoms with E-state index in [1.54, 1.807) is 6.07 Å². The first-order valence-electron chi connectivity index (χ1n) is 7.89. The molecular weight excluding hydrogens is 350 g/mol. The van der Waals surface area contributed by atoms with Crippen LogP contribution in [-0.4, -0.2) is 18.6 Å². The van der Waals surface area contributed by atoms with Gasteiger partial charge >= 0.3 is 0 Å². The van der Waals surface area contributed by atoms with Crippen LogP contribution in [-0.2, 0) is 17.8 Å². The third kappa shape index (κ3) is 3.91. The molecule has 2 N–H and O–H groups in total. The number of halogens is 3. The number of carbonyl (C=O) groups is 1. The van der Waals surface area contributed by atoms with Crippen molar-refractivity contribution in [2.75, 3.05) is 11.9 Å². The zero-order valence-electron chi connectivity index (χ0n) is 13.5. The Hall–Kier alpha value is -2.18. The van der Waals surface area contributed by atoms with E-state index in [1.807, 2.05) is 0 Å². The zero-order valence-corrected chi connectivity index (χ0v) is 14.3. The van der Waals surface area contributed by atoms with Gasteiger partial charge in [0.25, 0.3) is 5.91 Å². The molecule has 7 heteroatoms. The summed E-state index contributed by atoms with van der Waals surface area (Å²) in [6.07, 6.45) is -0.359.